The summed E-state index contributed by atoms with van der Waals surface area (Å²) >= 11 is 11.8. The fraction of sp³-hybridized carbons (Fsp3) is 0.250. The van der Waals surface area contributed by atoms with Crippen molar-refractivity contribution in [3.05, 3.63) is 38.9 Å². The van der Waals surface area contributed by atoms with E-state index in [1.165, 1.54) is 10.9 Å². The molecule has 2 rings (SSSR count). The number of nitriles is 1. The number of aryl methyl sites for hydroxylation is 1. The normalized spacial score (nSPS) is 10.5. The Morgan fingerprint density at radius 3 is 2.89 bits per heavy atom. The highest BCUT2D eigenvalue weighted by Crippen LogP contribution is 2.23. The summed E-state index contributed by atoms with van der Waals surface area (Å²) in [7, 11) is 0. The highest BCUT2D eigenvalue weighted by atomic mass is 35.5. The van der Waals surface area contributed by atoms with Crippen LogP contribution in [0.1, 0.15) is 12.8 Å². The van der Waals surface area contributed by atoms with Crippen LogP contribution in [0.5, 0.6) is 0 Å². The van der Waals surface area contributed by atoms with Gasteiger partial charge < -0.3 is 0 Å². The molecule has 0 unspecified atom stereocenters. The average molecular weight is 282 g/mol. The van der Waals surface area contributed by atoms with E-state index in [2.05, 4.69) is 4.98 Å². The highest BCUT2D eigenvalue weighted by molar-refractivity contribution is 6.38. The van der Waals surface area contributed by atoms with Crippen molar-refractivity contribution in [1.29, 1.82) is 5.26 Å². The second-order valence-corrected chi connectivity index (χ2v) is 4.63. The Morgan fingerprint density at radius 1 is 1.39 bits per heavy atom. The van der Waals surface area contributed by atoms with Crippen molar-refractivity contribution < 1.29 is 0 Å². The molecule has 0 radical (unpaired) electrons. The van der Waals surface area contributed by atoms with Gasteiger partial charge in [-0.25, -0.2) is 4.98 Å². The van der Waals surface area contributed by atoms with Gasteiger partial charge in [-0.15, -0.1) is 0 Å². The number of halogens is 2. The van der Waals surface area contributed by atoms with Gasteiger partial charge in [0.1, 0.15) is 0 Å². The molecule has 92 valence electrons. The molecule has 18 heavy (non-hydrogen) atoms. The number of benzene rings is 1. The van der Waals surface area contributed by atoms with E-state index in [1.807, 2.05) is 6.07 Å². The third kappa shape index (κ3) is 2.47. The van der Waals surface area contributed by atoms with Crippen LogP contribution in [0.25, 0.3) is 10.9 Å². The molecule has 2 aromatic rings. The van der Waals surface area contributed by atoms with E-state index in [1.54, 1.807) is 12.1 Å². The SMILES string of the molecule is N#CCCCn1cnc2c(Cl)cc(Cl)cc2c1=O. The van der Waals surface area contributed by atoms with Gasteiger partial charge in [0, 0.05) is 18.0 Å². The maximum absolute atomic E-state index is 12.1. The summed E-state index contributed by atoms with van der Waals surface area (Å²) in [5.41, 5.74) is 0.255. The van der Waals surface area contributed by atoms with Crippen molar-refractivity contribution in [1.82, 2.24) is 9.55 Å². The van der Waals surface area contributed by atoms with E-state index in [9.17, 15) is 4.79 Å². The predicted molar refractivity (Wildman–Crippen MR) is 70.9 cm³/mol. The van der Waals surface area contributed by atoms with Crippen LogP contribution in [-0.4, -0.2) is 9.55 Å². The molecule has 0 aliphatic carbocycles. The standard InChI is InChI=1S/C12H9Cl2N3O/c13-8-5-9-11(10(14)6-8)16-7-17(12(9)18)4-2-1-3-15/h5-7H,1-2,4H2. The molecule has 0 spiro atoms. The van der Waals surface area contributed by atoms with Crippen LogP contribution in [0.2, 0.25) is 10.0 Å². The molecule has 0 atom stereocenters. The molecule has 0 aliphatic heterocycles. The molecule has 1 aromatic heterocycles. The largest absolute Gasteiger partial charge is 0.299 e. The van der Waals surface area contributed by atoms with E-state index in [4.69, 9.17) is 28.5 Å². The number of hydrogen-bond donors (Lipinski definition) is 0. The first-order valence-corrected chi connectivity index (χ1v) is 6.10. The van der Waals surface area contributed by atoms with Gasteiger partial charge in [-0.2, -0.15) is 5.26 Å². The Bertz CT molecular complexity index is 688. The van der Waals surface area contributed by atoms with Gasteiger partial charge in [0.15, 0.2) is 0 Å². The summed E-state index contributed by atoms with van der Waals surface area (Å²) in [5, 5.41) is 9.63. The highest BCUT2D eigenvalue weighted by Gasteiger charge is 2.08. The topological polar surface area (TPSA) is 58.7 Å². The maximum atomic E-state index is 12.1. The van der Waals surface area contributed by atoms with Gasteiger partial charge in [-0.05, 0) is 18.6 Å². The van der Waals surface area contributed by atoms with Crippen LogP contribution in [0.15, 0.2) is 23.3 Å². The zero-order valence-electron chi connectivity index (χ0n) is 9.36. The Hall–Kier alpha value is -1.57. The second-order valence-electron chi connectivity index (χ2n) is 3.79. The Balaban J connectivity index is 2.51. The van der Waals surface area contributed by atoms with Crippen LogP contribution in [0.4, 0.5) is 0 Å². The smallest absolute Gasteiger partial charge is 0.261 e. The lowest BCUT2D eigenvalue weighted by Crippen LogP contribution is -2.20. The Kier molecular flexibility index (Phi) is 3.85. The van der Waals surface area contributed by atoms with Gasteiger partial charge in [0.2, 0.25) is 0 Å². The molecule has 0 bridgehead atoms. The first kappa shape index (κ1) is 12.9. The molecule has 1 aromatic carbocycles. The maximum Gasteiger partial charge on any atom is 0.261 e. The predicted octanol–water partition coefficient (Wildman–Crippen LogP) is 3.01. The van der Waals surface area contributed by atoms with Crippen molar-refractivity contribution in [3.63, 3.8) is 0 Å². The monoisotopic (exact) mass is 281 g/mol. The fourth-order valence-electron chi connectivity index (χ4n) is 1.68. The molecule has 0 fully saturated rings. The minimum Gasteiger partial charge on any atom is -0.299 e. The summed E-state index contributed by atoms with van der Waals surface area (Å²) < 4.78 is 1.46. The van der Waals surface area contributed by atoms with E-state index in [-0.39, 0.29) is 5.56 Å². The van der Waals surface area contributed by atoms with Crippen LogP contribution in [-0.2, 0) is 6.54 Å². The van der Waals surface area contributed by atoms with Gasteiger partial charge >= 0.3 is 0 Å². The van der Waals surface area contributed by atoms with Gasteiger partial charge in [0.05, 0.1) is 28.3 Å². The molecular formula is C12H9Cl2N3O. The molecule has 4 nitrogen and oxygen atoms in total. The van der Waals surface area contributed by atoms with Crippen LogP contribution >= 0.6 is 23.2 Å². The number of aromatic nitrogens is 2. The van der Waals surface area contributed by atoms with E-state index < -0.39 is 0 Å². The minimum absolute atomic E-state index is 0.192. The molecule has 0 saturated heterocycles. The molecule has 0 N–H and O–H groups in total. The third-order valence-corrected chi connectivity index (χ3v) is 3.04. The summed E-state index contributed by atoms with van der Waals surface area (Å²) in [5.74, 6) is 0. The minimum atomic E-state index is -0.192. The van der Waals surface area contributed by atoms with Crippen molar-refractivity contribution in [2.75, 3.05) is 0 Å². The van der Waals surface area contributed by atoms with Gasteiger partial charge in [0.25, 0.3) is 5.56 Å². The van der Waals surface area contributed by atoms with E-state index >= 15 is 0 Å². The van der Waals surface area contributed by atoms with Gasteiger partial charge in [-0.1, -0.05) is 23.2 Å². The van der Waals surface area contributed by atoms with Crippen LogP contribution in [0, 0.1) is 11.3 Å². The van der Waals surface area contributed by atoms with Crippen molar-refractivity contribution >= 4 is 34.1 Å². The second kappa shape index (κ2) is 5.38. The van der Waals surface area contributed by atoms with E-state index in [0.717, 1.165) is 0 Å². The number of hydrogen-bond acceptors (Lipinski definition) is 3. The lowest BCUT2D eigenvalue weighted by Gasteiger charge is -2.06. The average Bonchev–Trinajstić information content (AvgIpc) is 2.33. The zero-order chi connectivity index (χ0) is 13.1. The summed E-state index contributed by atoms with van der Waals surface area (Å²) in [6.07, 6.45) is 2.46. The zero-order valence-corrected chi connectivity index (χ0v) is 10.9. The summed E-state index contributed by atoms with van der Waals surface area (Å²) in [4.78, 5) is 16.3. The molecule has 1 heterocycles. The molecule has 0 saturated carbocycles. The summed E-state index contributed by atoms with van der Waals surface area (Å²) in [6, 6.07) is 5.14. The lowest BCUT2D eigenvalue weighted by molar-refractivity contribution is 0.626. The van der Waals surface area contributed by atoms with Crippen LogP contribution < -0.4 is 5.56 Å². The number of fused-ring (bicyclic) bond motifs is 1. The first-order chi connectivity index (χ1) is 8.63. The fourth-order valence-corrected chi connectivity index (χ4v) is 2.22. The molecule has 6 heteroatoms. The molecular weight excluding hydrogens is 273 g/mol. The van der Waals surface area contributed by atoms with Crippen molar-refractivity contribution in [2.24, 2.45) is 0 Å². The first-order valence-electron chi connectivity index (χ1n) is 5.34. The number of rotatable bonds is 3. The summed E-state index contributed by atoms with van der Waals surface area (Å²) in [6.45, 7) is 0.458. The number of nitrogens with zero attached hydrogens (tertiary/aromatic N) is 3. The third-order valence-electron chi connectivity index (χ3n) is 2.53. The van der Waals surface area contributed by atoms with Crippen molar-refractivity contribution in [2.45, 2.75) is 19.4 Å². The lowest BCUT2D eigenvalue weighted by atomic mass is 10.2. The molecule has 0 aliphatic rings. The molecule has 0 amide bonds. The quantitative estimate of drug-likeness (QED) is 0.813. The van der Waals surface area contributed by atoms with Crippen LogP contribution in [0.3, 0.4) is 0 Å². The van der Waals surface area contributed by atoms with E-state index in [0.29, 0.717) is 40.3 Å². The van der Waals surface area contributed by atoms with Crippen molar-refractivity contribution in [3.8, 4) is 6.07 Å². The Morgan fingerprint density at radius 2 is 2.17 bits per heavy atom. The van der Waals surface area contributed by atoms with Gasteiger partial charge in [-0.3, -0.25) is 9.36 Å². The number of unbranched alkanes of at least 4 members (excludes halogenated alkanes) is 1. The Labute approximate surface area is 113 Å².